The number of quaternary nitrogens is 1. The lowest BCUT2D eigenvalue weighted by Gasteiger charge is -2.25. The summed E-state index contributed by atoms with van der Waals surface area (Å²) < 4.78 is 23.2. The van der Waals surface area contributed by atoms with Gasteiger partial charge in [-0.2, -0.15) is 0 Å². The fraction of sp³-hybridized carbons (Fsp3) is 0.841. The smallest absolute Gasteiger partial charge is 0.387 e. The minimum Gasteiger partial charge on any atom is -0.387 e. The second-order valence-electron chi connectivity index (χ2n) is 16.1. The van der Waals surface area contributed by atoms with Crippen molar-refractivity contribution < 1.29 is 32.9 Å². The van der Waals surface area contributed by atoms with Crippen molar-refractivity contribution in [3.8, 4) is 0 Å². The summed E-state index contributed by atoms with van der Waals surface area (Å²) in [6.07, 6.45) is 45.1. The molecule has 0 saturated heterocycles. The number of amides is 1. The van der Waals surface area contributed by atoms with E-state index in [0.717, 1.165) is 38.5 Å². The zero-order valence-corrected chi connectivity index (χ0v) is 36.1. The summed E-state index contributed by atoms with van der Waals surface area (Å²) in [6.45, 7) is 4.53. The Balaban J connectivity index is 3.94. The number of hydrogen-bond acceptors (Lipinski definition) is 5. The first-order valence-electron chi connectivity index (χ1n) is 21.9. The van der Waals surface area contributed by atoms with Crippen LogP contribution in [0.3, 0.4) is 0 Å². The Hall–Kier alpha value is -1.28. The fourth-order valence-electron chi connectivity index (χ4n) is 6.05. The Morgan fingerprint density at radius 2 is 1.04 bits per heavy atom. The lowest BCUT2D eigenvalue weighted by Crippen LogP contribution is -2.45. The third-order valence-corrected chi connectivity index (χ3v) is 10.6. The number of carbonyl (C=O) groups excluding carboxylic acids is 1. The van der Waals surface area contributed by atoms with Crippen molar-refractivity contribution in [3.63, 3.8) is 0 Å². The molecule has 3 unspecified atom stereocenters. The summed E-state index contributed by atoms with van der Waals surface area (Å²) in [5.41, 5.74) is 0. The maximum Gasteiger partial charge on any atom is 0.472 e. The number of hydrogen-bond donors (Lipinski definition) is 3. The van der Waals surface area contributed by atoms with Gasteiger partial charge in [-0.25, -0.2) is 4.57 Å². The molecule has 312 valence electrons. The van der Waals surface area contributed by atoms with Gasteiger partial charge < -0.3 is 19.8 Å². The maximum absolute atomic E-state index is 12.4. The number of allylic oxidation sites excluding steroid dienone is 5. The van der Waals surface area contributed by atoms with Crippen LogP contribution in [0, 0.1) is 0 Å². The van der Waals surface area contributed by atoms with E-state index in [1.807, 2.05) is 34.1 Å². The molecule has 0 fully saturated rings. The zero-order valence-electron chi connectivity index (χ0n) is 35.3. The largest absolute Gasteiger partial charge is 0.472 e. The summed E-state index contributed by atoms with van der Waals surface area (Å²) in [4.78, 5) is 22.4. The van der Waals surface area contributed by atoms with Crippen LogP contribution in [0.4, 0.5) is 0 Å². The van der Waals surface area contributed by atoms with E-state index in [0.29, 0.717) is 17.4 Å². The predicted molar refractivity (Wildman–Crippen MR) is 226 cm³/mol. The van der Waals surface area contributed by atoms with Gasteiger partial charge in [-0.1, -0.05) is 172 Å². The molecule has 0 aliphatic carbocycles. The van der Waals surface area contributed by atoms with Crippen LogP contribution < -0.4 is 5.32 Å². The molecule has 0 saturated carbocycles. The van der Waals surface area contributed by atoms with Gasteiger partial charge in [0.05, 0.1) is 39.9 Å². The second-order valence-corrected chi connectivity index (χ2v) is 17.5. The number of carbonyl (C=O) groups is 1. The van der Waals surface area contributed by atoms with Crippen LogP contribution in [-0.4, -0.2) is 73.4 Å². The van der Waals surface area contributed by atoms with E-state index in [9.17, 15) is 19.4 Å². The minimum atomic E-state index is -4.32. The molecule has 8 nitrogen and oxygen atoms in total. The zero-order chi connectivity index (χ0) is 39.3. The van der Waals surface area contributed by atoms with Crippen molar-refractivity contribution in [2.75, 3.05) is 40.9 Å². The van der Waals surface area contributed by atoms with E-state index in [1.165, 1.54) is 128 Å². The van der Waals surface area contributed by atoms with Crippen molar-refractivity contribution in [1.29, 1.82) is 0 Å². The first-order valence-corrected chi connectivity index (χ1v) is 23.4. The average molecular weight is 770 g/mol. The highest BCUT2D eigenvalue weighted by Gasteiger charge is 2.27. The molecule has 0 radical (unpaired) electrons. The Bertz CT molecular complexity index is 964. The molecule has 0 aromatic carbocycles. The first kappa shape index (κ1) is 51.7. The first-order chi connectivity index (χ1) is 25.5. The Morgan fingerprint density at radius 3 is 1.49 bits per heavy atom. The molecule has 0 bridgehead atoms. The molecule has 0 aromatic heterocycles. The standard InChI is InChI=1S/C44H85N2O6P/c1-6-8-10-11-12-13-14-15-16-17-18-19-20-21-22-23-24-25-26-27-28-29-30-31-32-33-34-35-36-37-43(47)42(45-44(48)38-9-7-2)41-52-53(49,50)51-40-39-46(3,4)5/h28-29,32-33,36-37,42-43,47H,6-27,30-31,34-35,38-41H2,1-5H3,(H-,45,48,49,50)/p+1/b29-28+,33-32+,37-36+. The van der Waals surface area contributed by atoms with Crippen LogP contribution >= 0.6 is 7.82 Å². The van der Waals surface area contributed by atoms with Crippen LogP contribution in [0.5, 0.6) is 0 Å². The van der Waals surface area contributed by atoms with Gasteiger partial charge in [-0.3, -0.25) is 13.8 Å². The average Bonchev–Trinajstić information content (AvgIpc) is 3.11. The van der Waals surface area contributed by atoms with E-state index >= 15 is 0 Å². The Kier molecular flexibility index (Phi) is 35.5. The summed E-state index contributed by atoms with van der Waals surface area (Å²) in [5.74, 6) is -0.228. The number of aliphatic hydroxyl groups is 1. The van der Waals surface area contributed by atoms with Crippen LogP contribution in [0.2, 0.25) is 0 Å². The topological polar surface area (TPSA) is 105 Å². The number of nitrogens with zero attached hydrogens (tertiary/aromatic N) is 1. The number of unbranched alkanes of at least 4 members (excludes halogenated alkanes) is 22. The summed E-state index contributed by atoms with van der Waals surface area (Å²) in [6, 6.07) is -0.862. The van der Waals surface area contributed by atoms with Crippen LogP contribution in [0.15, 0.2) is 36.5 Å². The molecule has 0 heterocycles. The summed E-state index contributed by atoms with van der Waals surface area (Å²) in [5, 5.41) is 13.5. The highest BCUT2D eigenvalue weighted by atomic mass is 31.2. The van der Waals surface area contributed by atoms with E-state index < -0.39 is 20.0 Å². The van der Waals surface area contributed by atoms with Gasteiger partial charge >= 0.3 is 7.82 Å². The molecule has 0 aromatic rings. The molecule has 53 heavy (non-hydrogen) atoms. The Labute approximate surface area is 327 Å². The molecule has 3 atom stereocenters. The molecular weight excluding hydrogens is 683 g/mol. The van der Waals surface area contributed by atoms with E-state index in [4.69, 9.17) is 9.05 Å². The third-order valence-electron chi connectivity index (χ3n) is 9.59. The predicted octanol–water partition coefficient (Wildman–Crippen LogP) is 11.9. The fourth-order valence-corrected chi connectivity index (χ4v) is 6.79. The molecule has 0 aliphatic heterocycles. The lowest BCUT2D eigenvalue weighted by molar-refractivity contribution is -0.870. The molecule has 0 rings (SSSR count). The molecule has 0 spiro atoms. The van der Waals surface area contributed by atoms with Crippen molar-refractivity contribution in [2.24, 2.45) is 0 Å². The number of phosphoric acid groups is 1. The number of phosphoric ester groups is 1. The molecule has 9 heteroatoms. The van der Waals surface area contributed by atoms with Gasteiger partial charge in [0.2, 0.25) is 5.91 Å². The highest BCUT2D eigenvalue weighted by molar-refractivity contribution is 7.47. The van der Waals surface area contributed by atoms with E-state index in [2.05, 4.69) is 36.5 Å². The van der Waals surface area contributed by atoms with Crippen molar-refractivity contribution in [3.05, 3.63) is 36.5 Å². The third kappa shape index (κ3) is 38.8. The van der Waals surface area contributed by atoms with Crippen LogP contribution in [-0.2, 0) is 18.4 Å². The van der Waals surface area contributed by atoms with E-state index in [-0.39, 0.29) is 19.1 Å². The van der Waals surface area contributed by atoms with E-state index in [1.54, 1.807) is 6.08 Å². The SMILES string of the molecule is CCCCCCCCCCCCCCCCCCCCC/C=C/CC/C=C/CC/C=C/C(O)C(COP(=O)(O)OCC[N+](C)(C)C)NC(=O)CCCC. The lowest BCUT2D eigenvalue weighted by atomic mass is 10.0. The number of nitrogens with one attached hydrogen (secondary N) is 1. The number of rotatable bonds is 39. The number of likely N-dealkylation sites (N-methyl/N-ethyl adjacent to an activating group) is 1. The quantitative estimate of drug-likeness (QED) is 0.0249. The van der Waals surface area contributed by atoms with Crippen molar-refractivity contribution in [1.82, 2.24) is 5.32 Å². The number of aliphatic hydroxyl groups excluding tert-OH is 1. The van der Waals surface area contributed by atoms with Gasteiger partial charge in [0, 0.05) is 6.42 Å². The monoisotopic (exact) mass is 770 g/mol. The molecule has 3 N–H and O–H groups in total. The summed E-state index contributed by atoms with van der Waals surface area (Å²) in [7, 11) is 1.54. The molecular formula is C44H86N2O6P+. The minimum absolute atomic E-state index is 0.0523. The van der Waals surface area contributed by atoms with Crippen LogP contribution in [0.25, 0.3) is 0 Å². The molecule has 0 aliphatic rings. The van der Waals surface area contributed by atoms with Crippen molar-refractivity contribution in [2.45, 2.75) is 199 Å². The Morgan fingerprint density at radius 1 is 0.623 bits per heavy atom. The summed E-state index contributed by atoms with van der Waals surface area (Å²) >= 11 is 0. The van der Waals surface area contributed by atoms with Gasteiger partial charge in [0.25, 0.3) is 0 Å². The van der Waals surface area contributed by atoms with Gasteiger partial charge in [-0.15, -0.1) is 0 Å². The van der Waals surface area contributed by atoms with Gasteiger partial charge in [0.15, 0.2) is 0 Å². The maximum atomic E-state index is 12.4. The van der Waals surface area contributed by atoms with Gasteiger partial charge in [0.1, 0.15) is 13.2 Å². The molecule has 1 amide bonds. The normalized spacial score (nSPS) is 14.8. The highest BCUT2D eigenvalue weighted by Crippen LogP contribution is 2.43. The van der Waals surface area contributed by atoms with Crippen LogP contribution in [0.1, 0.15) is 187 Å². The van der Waals surface area contributed by atoms with Crippen molar-refractivity contribution >= 4 is 13.7 Å². The van der Waals surface area contributed by atoms with Gasteiger partial charge in [-0.05, 0) is 44.9 Å². The second kappa shape index (κ2) is 36.4.